The van der Waals surface area contributed by atoms with Gasteiger partial charge in [0.2, 0.25) is 0 Å². The number of alkyl halides is 3. The van der Waals surface area contributed by atoms with Crippen LogP contribution < -0.4 is 0 Å². The molecule has 1 N–H and O–H groups in total. The third kappa shape index (κ3) is 4.72. The van der Waals surface area contributed by atoms with E-state index >= 15 is 0 Å². The van der Waals surface area contributed by atoms with Gasteiger partial charge in [0, 0.05) is 23.9 Å². The number of hydrogen-bond donors (Lipinski definition) is 1. The number of carbonyl (C=O) groups excluding carboxylic acids is 2. The van der Waals surface area contributed by atoms with Crippen molar-refractivity contribution in [2.45, 2.75) is 46.4 Å². The SMILES string of the molecule is CC(=O)/C(C)=C(/C)C(O)Cc1cc(C(F)(F)F)c(C(C)=O)cn1. The van der Waals surface area contributed by atoms with Crippen LogP contribution >= 0.6 is 0 Å². The molecule has 126 valence electrons. The number of aliphatic hydroxyl groups excluding tert-OH is 1. The Morgan fingerprint density at radius 1 is 1.22 bits per heavy atom. The van der Waals surface area contributed by atoms with E-state index in [1.54, 1.807) is 0 Å². The van der Waals surface area contributed by atoms with Crippen LogP contribution in [0, 0.1) is 0 Å². The quantitative estimate of drug-likeness (QED) is 0.666. The first-order valence-electron chi connectivity index (χ1n) is 6.88. The Labute approximate surface area is 132 Å². The third-order valence-corrected chi connectivity index (χ3v) is 3.67. The van der Waals surface area contributed by atoms with Crippen LogP contribution in [0.3, 0.4) is 0 Å². The molecule has 0 saturated heterocycles. The molecule has 0 amide bonds. The van der Waals surface area contributed by atoms with Gasteiger partial charge in [-0.05, 0) is 44.9 Å². The summed E-state index contributed by atoms with van der Waals surface area (Å²) < 4.78 is 39.1. The second-order valence-electron chi connectivity index (χ2n) is 5.36. The van der Waals surface area contributed by atoms with Gasteiger partial charge in [-0.2, -0.15) is 13.2 Å². The molecular formula is C16H18F3NO3. The van der Waals surface area contributed by atoms with Gasteiger partial charge < -0.3 is 5.11 Å². The van der Waals surface area contributed by atoms with Gasteiger partial charge in [-0.25, -0.2) is 0 Å². The number of pyridine rings is 1. The summed E-state index contributed by atoms with van der Waals surface area (Å²) in [6.45, 7) is 5.45. The standard InChI is InChI=1S/C16H18F3NO3/c1-8(10(3)21)9(2)15(23)6-12-5-14(16(17,18)19)13(7-20-12)11(4)22/h5,7,15,23H,6H2,1-4H3/b9-8-. The fraction of sp³-hybridized carbons (Fsp3) is 0.438. The minimum absolute atomic E-state index is 0.00877. The average Bonchev–Trinajstić information content (AvgIpc) is 2.44. The van der Waals surface area contributed by atoms with E-state index in [1.165, 1.54) is 20.8 Å². The first-order valence-corrected chi connectivity index (χ1v) is 6.88. The van der Waals surface area contributed by atoms with Crippen LogP contribution in [0.4, 0.5) is 13.2 Å². The topological polar surface area (TPSA) is 67.3 Å². The number of aliphatic hydroxyl groups is 1. The number of hydrogen-bond acceptors (Lipinski definition) is 4. The summed E-state index contributed by atoms with van der Waals surface area (Å²) in [5, 5.41) is 10.1. The molecule has 1 rings (SSSR count). The van der Waals surface area contributed by atoms with Crippen molar-refractivity contribution < 1.29 is 27.9 Å². The van der Waals surface area contributed by atoms with E-state index in [1.807, 2.05) is 0 Å². The van der Waals surface area contributed by atoms with Crippen LogP contribution in [0.5, 0.6) is 0 Å². The highest BCUT2D eigenvalue weighted by Crippen LogP contribution is 2.32. The number of ketones is 2. The van der Waals surface area contributed by atoms with E-state index in [0.29, 0.717) is 11.1 Å². The van der Waals surface area contributed by atoms with Crippen molar-refractivity contribution in [3.63, 3.8) is 0 Å². The highest BCUT2D eigenvalue weighted by molar-refractivity contribution is 5.95. The Kier molecular flexibility index (Phi) is 5.82. The molecule has 7 heteroatoms. The number of halogens is 3. The van der Waals surface area contributed by atoms with Crippen LogP contribution in [-0.4, -0.2) is 27.8 Å². The van der Waals surface area contributed by atoms with E-state index in [0.717, 1.165) is 19.2 Å². The minimum Gasteiger partial charge on any atom is -0.388 e. The number of Topliss-reactive ketones (excluding diaryl/α,β-unsaturated/α-hetero) is 2. The number of rotatable bonds is 5. The van der Waals surface area contributed by atoms with Crippen LogP contribution in [-0.2, 0) is 17.4 Å². The molecule has 23 heavy (non-hydrogen) atoms. The number of carbonyl (C=O) groups is 2. The van der Waals surface area contributed by atoms with Gasteiger partial charge in [-0.3, -0.25) is 14.6 Å². The first kappa shape index (κ1) is 19.0. The fourth-order valence-electron chi connectivity index (χ4n) is 2.00. The maximum Gasteiger partial charge on any atom is 0.417 e. The molecule has 0 radical (unpaired) electrons. The molecule has 1 heterocycles. The molecule has 1 aromatic rings. The highest BCUT2D eigenvalue weighted by atomic mass is 19.4. The van der Waals surface area contributed by atoms with Crippen LogP contribution in [0.2, 0.25) is 0 Å². The maximum atomic E-state index is 13.0. The summed E-state index contributed by atoms with van der Waals surface area (Å²) in [4.78, 5) is 26.4. The molecular weight excluding hydrogens is 311 g/mol. The number of aromatic nitrogens is 1. The molecule has 4 nitrogen and oxygen atoms in total. The van der Waals surface area contributed by atoms with Gasteiger partial charge >= 0.3 is 6.18 Å². The zero-order valence-corrected chi connectivity index (χ0v) is 13.3. The molecule has 0 saturated carbocycles. The molecule has 1 atom stereocenters. The fourth-order valence-corrected chi connectivity index (χ4v) is 2.00. The molecule has 0 aromatic carbocycles. The third-order valence-electron chi connectivity index (χ3n) is 3.67. The molecule has 0 fully saturated rings. The molecule has 0 bridgehead atoms. The summed E-state index contributed by atoms with van der Waals surface area (Å²) in [5.41, 5.74) is -0.863. The largest absolute Gasteiger partial charge is 0.417 e. The van der Waals surface area contributed by atoms with Crippen molar-refractivity contribution >= 4 is 11.6 Å². The first-order chi connectivity index (χ1) is 10.4. The predicted octanol–water partition coefficient (Wildman–Crippen LogP) is 3.13. The highest BCUT2D eigenvalue weighted by Gasteiger charge is 2.35. The Morgan fingerprint density at radius 2 is 1.78 bits per heavy atom. The second kappa shape index (κ2) is 7.04. The van der Waals surface area contributed by atoms with Gasteiger partial charge in [0.1, 0.15) is 0 Å². The summed E-state index contributed by atoms with van der Waals surface area (Å²) in [6, 6.07) is 0.760. The van der Waals surface area contributed by atoms with Crippen molar-refractivity contribution in [2.75, 3.05) is 0 Å². The van der Waals surface area contributed by atoms with Crippen molar-refractivity contribution in [2.24, 2.45) is 0 Å². The van der Waals surface area contributed by atoms with Crippen molar-refractivity contribution in [3.8, 4) is 0 Å². The van der Waals surface area contributed by atoms with E-state index in [9.17, 15) is 27.9 Å². The zero-order chi connectivity index (χ0) is 17.9. The van der Waals surface area contributed by atoms with E-state index in [2.05, 4.69) is 4.98 Å². The summed E-state index contributed by atoms with van der Waals surface area (Å²) >= 11 is 0. The summed E-state index contributed by atoms with van der Waals surface area (Å²) in [6.07, 6.45) is -5.14. The smallest absolute Gasteiger partial charge is 0.388 e. The van der Waals surface area contributed by atoms with Gasteiger partial charge in [0.05, 0.1) is 11.7 Å². The molecule has 0 aliphatic rings. The lowest BCUT2D eigenvalue weighted by molar-refractivity contribution is -0.138. The summed E-state index contributed by atoms with van der Waals surface area (Å²) in [7, 11) is 0. The van der Waals surface area contributed by atoms with Crippen molar-refractivity contribution in [3.05, 3.63) is 40.2 Å². The van der Waals surface area contributed by atoms with Crippen LogP contribution in [0.15, 0.2) is 23.4 Å². The van der Waals surface area contributed by atoms with Crippen LogP contribution in [0.1, 0.15) is 49.3 Å². The minimum atomic E-state index is -4.69. The van der Waals surface area contributed by atoms with E-state index in [-0.39, 0.29) is 17.9 Å². The summed E-state index contributed by atoms with van der Waals surface area (Å²) in [5.74, 6) is -0.960. The lowest BCUT2D eigenvalue weighted by Crippen LogP contribution is -2.18. The molecule has 1 aromatic heterocycles. The second-order valence-corrected chi connectivity index (χ2v) is 5.36. The number of allylic oxidation sites excluding steroid dienone is 1. The predicted molar refractivity (Wildman–Crippen MR) is 78.0 cm³/mol. The molecule has 0 aliphatic heterocycles. The lowest BCUT2D eigenvalue weighted by Gasteiger charge is -2.16. The normalized spacial score (nSPS) is 14.3. The molecule has 0 aliphatic carbocycles. The zero-order valence-electron chi connectivity index (χ0n) is 13.3. The van der Waals surface area contributed by atoms with E-state index in [4.69, 9.17) is 0 Å². The van der Waals surface area contributed by atoms with Gasteiger partial charge in [-0.15, -0.1) is 0 Å². The Hall–Kier alpha value is -2.02. The van der Waals surface area contributed by atoms with Gasteiger partial charge in [-0.1, -0.05) is 0 Å². The Balaban J connectivity index is 3.19. The monoisotopic (exact) mass is 329 g/mol. The van der Waals surface area contributed by atoms with Gasteiger partial charge in [0.15, 0.2) is 11.6 Å². The Bertz CT molecular complexity index is 663. The van der Waals surface area contributed by atoms with E-state index < -0.39 is 29.2 Å². The number of nitrogens with zero attached hydrogens (tertiary/aromatic N) is 1. The van der Waals surface area contributed by atoms with Crippen molar-refractivity contribution in [1.82, 2.24) is 4.98 Å². The van der Waals surface area contributed by atoms with Crippen LogP contribution in [0.25, 0.3) is 0 Å². The molecule has 1 unspecified atom stereocenters. The maximum absolute atomic E-state index is 13.0. The lowest BCUT2D eigenvalue weighted by atomic mass is 9.98. The average molecular weight is 329 g/mol. The Morgan fingerprint density at radius 3 is 2.22 bits per heavy atom. The van der Waals surface area contributed by atoms with Crippen molar-refractivity contribution in [1.29, 1.82) is 0 Å². The molecule has 0 spiro atoms. The van der Waals surface area contributed by atoms with Gasteiger partial charge in [0.25, 0.3) is 0 Å².